The van der Waals surface area contributed by atoms with Crippen LogP contribution in [0.3, 0.4) is 0 Å². The van der Waals surface area contributed by atoms with Crippen molar-refractivity contribution in [1.82, 2.24) is 5.32 Å². The molecule has 1 N–H and O–H groups in total. The number of nitrogens with one attached hydrogen (secondary N) is 1. The van der Waals surface area contributed by atoms with E-state index >= 15 is 0 Å². The van der Waals surface area contributed by atoms with Crippen LogP contribution in [0, 0.1) is 11.2 Å². The molecule has 1 atom stereocenters. The van der Waals surface area contributed by atoms with Gasteiger partial charge in [-0.2, -0.15) is 0 Å². The number of carbonyl (C=O) groups is 1. The van der Waals surface area contributed by atoms with Gasteiger partial charge in [0, 0.05) is 46.3 Å². The quantitative estimate of drug-likeness (QED) is 0.706. The Morgan fingerprint density at radius 1 is 1.33 bits per heavy atom. The second kappa shape index (κ2) is 9.28. The van der Waals surface area contributed by atoms with E-state index in [4.69, 9.17) is 14.3 Å². The number of methoxy groups -OCH3 is 1. The Hall–Kier alpha value is -1.99. The summed E-state index contributed by atoms with van der Waals surface area (Å²) in [5, 5.41) is 7.22. The molecule has 0 spiro atoms. The number of nitrogens with zero attached hydrogens (tertiary/aromatic N) is 1. The Bertz CT molecular complexity index is 656. The zero-order valence-electron chi connectivity index (χ0n) is 15.7. The summed E-state index contributed by atoms with van der Waals surface area (Å²) in [6.45, 7) is 2.36. The molecule has 2 heterocycles. The van der Waals surface area contributed by atoms with Gasteiger partial charge in [0.1, 0.15) is 11.9 Å². The summed E-state index contributed by atoms with van der Waals surface area (Å²) in [4.78, 5) is 18.5. The minimum atomic E-state index is -0.496. The van der Waals surface area contributed by atoms with Gasteiger partial charge in [-0.15, -0.1) is 0 Å². The average Bonchev–Trinajstić information content (AvgIpc) is 3.14. The van der Waals surface area contributed by atoms with Gasteiger partial charge in [-0.3, -0.25) is 4.79 Å². The maximum absolute atomic E-state index is 13.1. The van der Waals surface area contributed by atoms with Crippen LogP contribution >= 0.6 is 0 Å². The molecule has 0 aliphatic carbocycles. The van der Waals surface area contributed by atoms with Crippen molar-refractivity contribution in [2.75, 3.05) is 33.5 Å². The normalized spacial score (nSPS) is 21.4. The molecule has 0 aromatic heterocycles. The van der Waals surface area contributed by atoms with Crippen molar-refractivity contribution in [1.29, 1.82) is 0 Å². The smallest absolute Gasteiger partial charge is 0.226 e. The molecule has 7 heteroatoms. The van der Waals surface area contributed by atoms with Gasteiger partial charge in [-0.05, 0) is 37.0 Å². The van der Waals surface area contributed by atoms with Gasteiger partial charge in [0.15, 0.2) is 0 Å². The fraction of sp³-hybridized carbons (Fsp3) is 0.600. The number of benzene rings is 1. The van der Waals surface area contributed by atoms with Gasteiger partial charge < -0.3 is 19.6 Å². The van der Waals surface area contributed by atoms with Crippen LogP contribution < -0.4 is 5.32 Å². The first-order chi connectivity index (χ1) is 13.1. The molecule has 2 aliphatic heterocycles. The minimum absolute atomic E-state index is 0.0562. The van der Waals surface area contributed by atoms with E-state index in [2.05, 4.69) is 10.5 Å². The summed E-state index contributed by atoms with van der Waals surface area (Å²) in [7, 11) is 1.65. The van der Waals surface area contributed by atoms with Crippen molar-refractivity contribution in [2.45, 2.75) is 38.2 Å². The lowest BCUT2D eigenvalue weighted by molar-refractivity contribution is -0.140. The van der Waals surface area contributed by atoms with Gasteiger partial charge in [-0.25, -0.2) is 4.39 Å². The third-order valence-electron chi connectivity index (χ3n) is 5.27. The molecule has 27 heavy (non-hydrogen) atoms. The molecule has 1 saturated heterocycles. The first-order valence-corrected chi connectivity index (χ1v) is 9.46. The number of halogens is 1. The maximum atomic E-state index is 13.1. The molecule has 0 bridgehead atoms. The molecule has 6 nitrogen and oxygen atoms in total. The number of carbonyl (C=O) groups excluding carboxylic acids is 1. The molecule has 0 saturated carbocycles. The highest BCUT2D eigenvalue weighted by Crippen LogP contribution is 2.38. The van der Waals surface area contributed by atoms with Crippen LogP contribution in [-0.4, -0.2) is 51.2 Å². The van der Waals surface area contributed by atoms with E-state index in [1.165, 1.54) is 12.1 Å². The SMILES string of the molecule is COCCCNC(=O)C1(CC2CC(c3ccc(F)cc3)=NO2)CCOCC1. The third kappa shape index (κ3) is 5.05. The van der Waals surface area contributed by atoms with E-state index in [0.29, 0.717) is 52.0 Å². The molecule has 1 amide bonds. The Morgan fingerprint density at radius 2 is 2.07 bits per heavy atom. The number of amides is 1. The molecular formula is C20H27FN2O4. The van der Waals surface area contributed by atoms with Crippen molar-refractivity contribution < 1.29 is 23.5 Å². The van der Waals surface area contributed by atoms with Crippen molar-refractivity contribution in [3.63, 3.8) is 0 Å². The molecule has 2 aliphatic rings. The van der Waals surface area contributed by atoms with E-state index in [9.17, 15) is 9.18 Å². The number of rotatable bonds is 8. The largest absolute Gasteiger partial charge is 0.392 e. The Kier molecular flexibility index (Phi) is 6.79. The zero-order valence-corrected chi connectivity index (χ0v) is 15.7. The molecule has 1 fully saturated rings. The number of oxime groups is 1. The van der Waals surface area contributed by atoms with E-state index < -0.39 is 5.41 Å². The van der Waals surface area contributed by atoms with Crippen molar-refractivity contribution in [3.8, 4) is 0 Å². The highest BCUT2D eigenvalue weighted by molar-refractivity contribution is 6.01. The van der Waals surface area contributed by atoms with Crippen LogP contribution in [0.5, 0.6) is 0 Å². The van der Waals surface area contributed by atoms with Crippen LogP contribution in [0.4, 0.5) is 4.39 Å². The van der Waals surface area contributed by atoms with Crippen LogP contribution in [0.2, 0.25) is 0 Å². The zero-order chi connectivity index (χ0) is 19.1. The summed E-state index contributed by atoms with van der Waals surface area (Å²) >= 11 is 0. The van der Waals surface area contributed by atoms with Crippen LogP contribution in [0.1, 0.15) is 37.7 Å². The summed E-state index contributed by atoms with van der Waals surface area (Å²) in [5.41, 5.74) is 1.15. The predicted octanol–water partition coefficient (Wildman–Crippen LogP) is 2.66. The van der Waals surface area contributed by atoms with Crippen molar-refractivity contribution in [2.24, 2.45) is 10.6 Å². The van der Waals surface area contributed by atoms with Crippen LogP contribution in [-0.2, 0) is 19.1 Å². The second-order valence-electron chi connectivity index (χ2n) is 7.18. The summed E-state index contributed by atoms with van der Waals surface area (Å²) in [6.07, 6.45) is 3.19. The molecule has 1 aromatic rings. The van der Waals surface area contributed by atoms with Gasteiger partial charge >= 0.3 is 0 Å². The molecular weight excluding hydrogens is 351 g/mol. The molecule has 1 aromatic carbocycles. The van der Waals surface area contributed by atoms with E-state index in [0.717, 1.165) is 17.7 Å². The van der Waals surface area contributed by atoms with Crippen molar-refractivity contribution in [3.05, 3.63) is 35.6 Å². The van der Waals surface area contributed by atoms with Gasteiger partial charge in [0.05, 0.1) is 11.1 Å². The molecule has 1 unspecified atom stereocenters. The predicted molar refractivity (Wildman–Crippen MR) is 99.0 cm³/mol. The lowest BCUT2D eigenvalue weighted by atomic mass is 9.74. The summed E-state index contributed by atoms with van der Waals surface area (Å²) in [6, 6.07) is 6.23. The van der Waals surface area contributed by atoms with E-state index in [1.807, 2.05) is 0 Å². The fourth-order valence-corrected chi connectivity index (χ4v) is 3.68. The first-order valence-electron chi connectivity index (χ1n) is 9.46. The van der Waals surface area contributed by atoms with Crippen LogP contribution in [0.25, 0.3) is 0 Å². The topological polar surface area (TPSA) is 69.2 Å². The number of ether oxygens (including phenoxy) is 2. The standard InChI is InChI=1S/C20H27FN2O4/c1-25-10-2-9-22-19(24)20(7-11-26-12-8-20)14-17-13-18(23-27-17)15-3-5-16(21)6-4-15/h3-6,17H,2,7-14H2,1H3,(H,22,24). The lowest BCUT2D eigenvalue weighted by Crippen LogP contribution is -2.47. The molecule has 3 rings (SSSR count). The highest BCUT2D eigenvalue weighted by Gasteiger charge is 2.43. The lowest BCUT2D eigenvalue weighted by Gasteiger charge is -2.37. The number of hydrogen-bond acceptors (Lipinski definition) is 5. The van der Waals surface area contributed by atoms with Crippen LogP contribution in [0.15, 0.2) is 29.4 Å². The first kappa shape index (κ1) is 19.8. The molecule has 0 radical (unpaired) electrons. The summed E-state index contributed by atoms with van der Waals surface area (Å²) in [5.74, 6) is -0.221. The second-order valence-corrected chi connectivity index (χ2v) is 7.18. The van der Waals surface area contributed by atoms with E-state index in [1.54, 1.807) is 19.2 Å². The van der Waals surface area contributed by atoms with Gasteiger partial charge in [-0.1, -0.05) is 17.3 Å². The Balaban J connectivity index is 1.60. The third-order valence-corrected chi connectivity index (χ3v) is 5.27. The molecule has 148 valence electrons. The Labute approximate surface area is 159 Å². The number of hydrogen-bond donors (Lipinski definition) is 1. The Morgan fingerprint density at radius 3 is 2.78 bits per heavy atom. The monoisotopic (exact) mass is 378 g/mol. The minimum Gasteiger partial charge on any atom is -0.392 e. The van der Waals surface area contributed by atoms with Crippen molar-refractivity contribution >= 4 is 11.6 Å². The summed E-state index contributed by atoms with van der Waals surface area (Å²) < 4.78 is 23.6. The maximum Gasteiger partial charge on any atom is 0.226 e. The fourth-order valence-electron chi connectivity index (χ4n) is 3.68. The van der Waals surface area contributed by atoms with E-state index in [-0.39, 0.29) is 17.8 Å². The van der Waals surface area contributed by atoms with Gasteiger partial charge in [0.2, 0.25) is 5.91 Å². The van der Waals surface area contributed by atoms with Gasteiger partial charge in [0.25, 0.3) is 0 Å². The average molecular weight is 378 g/mol. The highest BCUT2D eigenvalue weighted by atomic mass is 19.1.